The predicted octanol–water partition coefficient (Wildman–Crippen LogP) is 1.91. The third kappa shape index (κ3) is 3.08. The van der Waals surface area contributed by atoms with E-state index in [1.54, 1.807) is 29.1 Å². The summed E-state index contributed by atoms with van der Waals surface area (Å²) in [5.74, 6) is -0.794. The van der Waals surface area contributed by atoms with Gasteiger partial charge in [0.2, 0.25) is 0 Å². The maximum atomic E-state index is 12.2. The molecule has 0 bridgehead atoms. The monoisotopic (exact) mass is 278 g/mol. The van der Waals surface area contributed by atoms with Gasteiger partial charge in [0.05, 0.1) is 33.2 Å². The fraction of sp³-hybridized carbons (Fsp3) is 0.231. The highest BCUT2D eigenvalue weighted by Crippen LogP contribution is 2.17. The molecule has 0 amide bonds. The van der Waals surface area contributed by atoms with Gasteiger partial charge in [-0.3, -0.25) is 8.89 Å². The maximum Gasteiger partial charge on any atom is 0.336 e. The molecule has 1 atom stereocenters. The molecule has 1 N–H and O–H groups in total. The van der Waals surface area contributed by atoms with E-state index in [0.29, 0.717) is 4.90 Å². The van der Waals surface area contributed by atoms with Crippen LogP contribution in [0.2, 0.25) is 0 Å². The summed E-state index contributed by atoms with van der Waals surface area (Å²) >= 11 is 0. The molecule has 0 saturated carbocycles. The van der Waals surface area contributed by atoms with Gasteiger partial charge < -0.3 is 5.11 Å². The zero-order valence-corrected chi connectivity index (χ0v) is 11.3. The van der Waals surface area contributed by atoms with E-state index in [1.165, 1.54) is 6.07 Å². The summed E-state index contributed by atoms with van der Waals surface area (Å²) in [5.41, 5.74) is 0.920. The molecule has 6 heteroatoms. The van der Waals surface area contributed by atoms with Gasteiger partial charge in [-0.2, -0.15) is 5.10 Å². The molecular formula is C13H14N2O3S. The summed E-state index contributed by atoms with van der Waals surface area (Å²) in [7, 11) is -1.39. The Morgan fingerprint density at radius 3 is 2.79 bits per heavy atom. The number of aryl methyl sites for hydroxylation is 1. The molecule has 0 saturated heterocycles. The number of benzene rings is 1. The van der Waals surface area contributed by atoms with Crippen molar-refractivity contribution in [1.82, 2.24) is 9.78 Å². The van der Waals surface area contributed by atoms with Crippen LogP contribution >= 0.6 is 0 Å². The molecule has 2 rings (SSSR count). The summed E-state index contributed by atoms with van der Waals surface area (Å²) in [6.45, 7) is 2.71. The Morgan fingerprint density at radius 1 is 1.42 bits per heavy atom. The Morgan fingerprint density at radius 2 is 2.16 bits per heavy atom. The molecule has 100 valence electrons. The summed E-state index contributed by atoms with van der Waals surface area (Å²) in [4.78, 5) is 11.4. The van der Waals surface area contributed by atoms with Gasteiger partial charge in [-0.15, -0.1) is 0 Å². The lowest BCUT2D eigenvalue weighted by Crippen LogP contribution is -2.05. The van der Waals surface area contributed by atoms with Gasteiger partial charge in [0.25, 0.3) is 0 Å². The van der Waals surface area contributed by atoms with E-state index in [2.05, 4.69) is 5.10 Å². The number of rotatable bonds is 5. The summed E-state index contributed by atoms with van der Waals surface area (Å²) in [6.07, 6.45) is 3.48. The van der Waals surface area contributed by atoms with Gasteiger partial charge in [0.15, 0.2) is 0 Å². The average Bonchev–Trinajstić information content (AvgIpc) is 2.86. The molecule has 5 nitrogen and oxygen atoms in total. The van der Waals surface area contributed by atoms with Crippen molar-refractivity contribution in [3.8, 4) is 0 Å². The van der Waals surface area contributed by atoms with Crippen LogP contribution in [-0.4, -0.2) is 25.1 Å². The molecule has 19 heavy (non-hydrogen) atoms. The first-order valence-corrected chi connectivity index (χ1v) is 7.15. The molecule has 1 aromatic heterocycles. The smallest absolute Gasteiger partial charge is 0.336 e. The Hall–Kier alpha value is -1.95. The van der Waals surface area contributed by atoms with E-state index < -0.39 is 16.8 Å². The van der Waals surface area contributed by atoms with Crippen molar-refractivity contribution in [2.45, 2.75) is 24.1 Å². The molecular weight excluding hydrogens is 264 g/mol. The topological polar surface area (TPSA) is 72.2 Å². The standard InChI is InChI=1S/C13H14N2O3S/c1-2-15-8-10(7-14-15)9-19(18)12-6-4-3-5-11(12)13(16)17/h3-8H,2,9H2,1H3,(H,16,17). The number of aromatic nitrogens is 2. The number of carboxylic acids is 1. The van der Waals surface area contributed by atoms with Crippen molar-refractivity contribution in [3.05, 3.63) is 47.8 Å². The predicted molar refractivity (Wildman–Crippen MR) is 71.4 cm³/mol. The largest absolute Gasteiger partial charge is 0.478 e. The summed E-state index contributed by atoms with van der Waals surface area (Å²) in [6, 6.07) is 6.36. The lowest BCUT2D eigenvalue weighted by atomic mass is 10.2. The minimum absolute atomic E-state index is 0.0868. The Kier molecular flexibility index (Phi) is 4.11. The molecule has 0 aliphatic rings. The van der Waals surface area contributed by atoms with Crippen LogP contribution in [0.3, 0.4) is 0 Å². The third-order valence-corrected chi connectivity index (χ3v) is 4.11. The van der Waals surface area contributed by atoms with Crippen LogP contribution < -0.4 is 0 Å². The molecule has 0 aliphatic heterocycles. The lowest BCUT2D eigenvalue weighted by molar-refractivity contribution is 0.0693. The van der Waals surface area contributed by atoms with Crippen molar-refractivity contribution in [3.63, 3.8) is 0 Å². The number of hydrogen-bond acceptors (Lipinski definition) is 3. The molecule has 0 aliphatic carbocycles. The van der Waals surface area contributed by atoms with Crippen LogP contribution in [0.15, 0.2) is 41.6 Å². The van der Waals surface area contributed by atoms with E-state index in [-0.39, 0.29) is 11.3 Å². The minimum atomic E-state index is -1.39. The molecule has 0 fully saturated rings. The molecule has 0 radical (unpaired) electrons. The Bertz CT molecular complexity index is 622. The van der Waals surface area contributed by atoms with E-state index in [0.717, 1.165) is 12.1 Å². The second kappa shape index (κ2) is 5.79. The Labute approximate surface area is 113 Å². The number of carboxylic acid groups (broad SMARTS) is 1. The average molecular weight is 278 g/mol. The number of carbonyl (C=O) groups is 1. The van der Waals surface area contributed by atoms with E-state index in [1.807, 2.05) is 13.1 Å². The minimum Gasteiger partial charge on any atom is -0.478 e. The highest BCUT2D eigenvalue weighted by atomic mass is 32.2. The van der Waals surface area contributed by atoms with Crippen LogP contribution in [-0.2, 0) is 23.1 Å². The first kappa shape index (κ1) is 13.5. The normalized spacial score (nSPS) is 12.3. The fourth-order valence-electron chi connectivity index (χ4n) is 1.72. The van der Waals surface area contributed by atoms with Crippen molar-refractivity contribution in [2.75, 3.05) is 0 Å². The highest BCUT2D eigenvalue weighted by Gasteiger charge is 2.15. The maximum absolute atomic E-state index is 12.2. The van der Waals surface area contributed by atoms with Crippen molar-refractivity contribution in [1.29, 1.82) is 0 Å². The number of hydrogen-bond donors (Lipinski definition) is 1. The van der Waals surface area contributed by atoms with Gasteiger partial charge in [0.1, 0.15) is 0 Å². The van der Waals surface area contributed by atoms with Crippen LogP contribution in [0.4, 0.5) is 0 Å². The zero-order chi connectivity index (χ0) is 13.8. The third-order valence-electron chi connectivity index (χ3n) is 2.67. The summed E-state index contributed by atoms with van der Waals surface area (Å²) in [5, 5.41) is 13.2. The van der Waals surface area contributed by atoms with E-state index >= 15 is 0 Å². The summed E-state index contributed by atoms with van der Waals surface area (Å²) < 4.78 is 14.0. The lowest BCUT2D eigenvalue weighted by Gasteiger charge is -2.04. The molecule has 1 heterocycles. The van der Waals surface area contributed by atoms with Crippen LogP contribution in [0.1, 0.15) is 22.8 Å². The van der Waals surface area contributed by atoms with Gasteiger partial charge >= 0.3 is 5.97 Å². The van der Waals surface area contributed by atoms with Crippen molar-refractivity contribution >= 4 is 16.8 Å². The first-order valence-electron chi connectivity index (χ1n) is 5.84. The quantitative estimate of drug-likeness (QED) is 0.906. The molecule has 1 aromatic carbocycles. The molecule has 0 spiro atoms. The van der Waals surface area contributed by atoms with E-state index in [4.69, 9.17) is 5.11 Å². The Balaban J connectivity index is 2.22. The van der Waals surface area contributed by atoms with Crippen LogP contribution in [0.5, 0.6) is 0 Å². The fourth-order valence-corrected chi connectivity index (χ4v) is 2.96. The van der Waals surface area contributed by atoms with Crippen molar-refractivity contribution in [2.24, 2.45) is 0 Å². The second-order valence-electron chi connectivity index (χ2n) is 4.00. The number of nitrogens with zero attached hydrogens (tertiary/aromatic N) is 2. The van der Waals surface area contributed by atoms with Crippen LogP contribution in [0.25, 0.3) is 0 Å². The second-order valence-corrected chi connectivity index (χ2v) is 5.41. The molecule has 1 unspecified atom stereocenters. The SMILES string of the molecule is CCn1cc(CS(=O)c2ccccc2C(=O)O)cn1. The van der Waals surface area contributed by atoms with E-state index in [9.17, 15) is 9.00 Å². The molecule has 2 aromatic rings. The van der Waals surface area contributed by atoms with Gasteiger partial charge in [0, 0.05) is 18.3 Å². The van der Waals surface area contributed by atoms with Crippen LogP contribution in [0, 0.1) is 0 Å². The first-order chi connectivity index (χ1) is 9.11. The highest BCUT2D eigenvalue weighted by molar-refractivity contribution is 7.84. The number of aromatic carboxylic acids is 1. The van der Waals surface area contributed by atoms with Gasteiger partial charge in [-0.1, -0.05) is 12.1 Å². The zero-order valence-electron chi connectivity index (χ0n) is 10.4. The van der Waals surface area contributed by atoms with Gasteiger partial charge in [-0.25, -0.2) is 4.79 Å². The van der Waals surface area contributed by atoms with Crippen molar-refractivity contribution < 1.29 is 14.1 Å². The van der Waals surface area contributed by atoms with Gasteiger partial charge in [-0.05, 0) is 19.1 Å².